The number of hydrogen-bond donors (Lipinski definition) is 0. The molecule has 5 heteroatoms. The third-order valence-corrected chi connectivity index (χ3v) is 4.62. The first kappa shape index (κ1) is 18.6. The highest BCUT2D eigenvalue weighted by Crippen LogP contribution is 2.24. The van der Waals surface area contributed by atoms with Gasteiger partial charge >= 0.3 is 0 Å². The average molecular weight is 376 g/mol. The predicted molar refractivity (Wildman–Crippen MR) is 107 cm³/mol. The maximum Gasteiger partial charge on any atom is 0.203 e. The molecule has 0 bridgehead atoms. The molecule has 27 heavy (non-hydrogen) atoms. The molecule has 0 N–H and O–H groups in total. The number of rotatable bonds is 5. The van der Waals surface area contributed by atoms with Crippen LogP contribution in [-0.2, 0) is 6.54 Å². The molecule has 0 atom stereocenters. The van der Waals surface area contributed by atoms with Crippen molar-refractivity contribution in [2.75, 3.05) is 0 Å². The number of Topliss-reactive ketones (excluding diaryl/α,β-unsaturated/α-hetero) is 1. The normalized spacial score (nSPS) is 11.3. The van der Waals surface area contributed by atoms with Crippen molar-refractivity contribution in [2.24, 2.45) is 0 Å². The third-order valence-electron chi connectivity index (χ3n) is 4.22. The smallest absolute Gasteiger partial charge is 0.203 e. The average Bonchev–Trinajstić information content (AvgIpc) is 2.93. The zero-order valence-electron chi connectivity index (χ0n) is 15.1. The lowest BCUT2D eigenvalue weighted by atomic mass is 10.0. The Morgan fingerprint density at radius 3 is 2.59 bits per heavy atom. The molecule has 0 saturated carbocycles. The van der Waals surface area contributed by atoms with Gasteiger partial charge in [0.2, 0.25) is 5.78 Å². The number of allylic oxidation sites excluding steroid dienone is 1. The summed E-state index contributed by atoms with van der Waals surface area (Å²) < 4.78 is 1.67. The van der Waals surface area contributed by atoms with Crippen LogP contribution in [0.2, 0.25) is 5.15 Å². The minimum Gasteiger partial charge on any atom is -0.288 e. The largest absolute Gasteiger partial charge is 0.288 e. The van der Waals surface area contributed by atoms with Crippen molar-refractivity contribution in [2.45, 2.75) is 20.4 Å². The van der Waals surface area contributed by atoms with E-state index in [0.29, 0.717) is 28.5 Å². The van der Waals surface area contributed by atoms with Crippen LogP contribution in [0.25, 0.3) is 6.08 Å². The van der Waals surface area contributed by atoms with Gasteiger partial charge in [-0.1, -0.05) is 65.7 Å². The van der Waals surface area contributed by atoms with E-state index in [9.17, 15) is 10.1 Å². The van der Waals surface area contributed by atoms with Gasteiger partial charge < -0.3 is 0 Å². The Balaban J connectivity index is 1.95. The number of aromatic nitrogens is 2. The molecule has 0 aliphatic heterocycles. The van der Waals surface area contributed by atoms with Crippen LogP contribution in [0.5, 0.6) is 0 Å². The second kappa shape index (κ2) is 8.03. The van der Waals surface area contributed by atoms with Crippen LogP contribution in [0.3, 0.4) is 0 Å². The number of halogens is 1. The Hall–Kier alpha value is -3.16. The summed E-state index contributed by atoms with van der Waals surface area (Å²) in [5.41, 5.74) is 3.79. The number of carbonyl (C=O) groups excluding carboxylic acids is 1. The van der Waals surface area contributed by atoms with Crippen LogP contribution in [0.1, 0.15) is 32.7 Å². The van der Waals surface area contributed by atoms with Gasteiger partial charge in [0, 0.05) is 11.1 Å². The Kier molecular flexibility index (Phi) is 5.54. The SMILES string of the molecule is Cc1cccc(C(=O)/C(C#N)=C/c2c(C)nn(Cc3ccccc3)c2Cl)c1. The summed E-state index contributed by atoms with van der Waals surface area (Å²) in [5, 5.41) is 14.4. The second-order valence-electron chi connectivity index (χ2n) is 6.30. The van der Waals surface area contributed by atoms with Crippen molar-refractivity contribution in [1.29, 1.82) is 5.26 Å². The summed E-state index contributed by atoms with van der Waals surface area (Å²) in [7, 11) is 0. The molecule has 0 unspecified atom stereocenters. The minimum atomic E-state index is -0.326. The van der Waals surface area contributed by atoms with Crippen molar-refractivity contribution >= 4 is 23.5 Å². The number of nitrogens with zero attached hydrogens (tertiary/aromatic N) is 3. The predicted octanol–water partition coefficient (Wildman–Crippen LogP) is 4.99. The third kappa shape index (κ3) is 4.16. The van der Waals surface area contributed by atoms with E-state index in [-0.39, 0.29) is 11.4 Å². The highest BCUT2D eigenvalue weighted by molar-refractivity contribution is 6.31. The number of nitriles is 1. The highest BCUT2D eigenvalue weighted by atomic mass is 35.5. The summed E-state index contributed by atoms with van der Waals surface area (Å²) in [5.74, 6) is -0.326. The highest BCUT2D eigenvalue weighted by Gasteiger charge is 2.17. The first-order valence-corrected chi connectivity index (χ1v) is 8.87. The Morgan fingerprint density at radius 1 is 1.19 bits per heavy atom. The van der Waals surface area contributed by atoms with Crippen LogP contribution in [0.4, 0.5) is 0 Å². The molecule has 0 aliphatic rings. The standard InChI is InChI=1S/C22H18ClN3O/c1-15-7-6-10-18(11-15)21(27)19(13-24)12-20-16(2)25-26(22(20)23)14-17-8-4-3-5-9-17/h3-12H,14H2,1-2H3/b19-12+. The molecule has 0 fully saturated rings. The van der Waals surface area contributed by atoms with Gasteiger partial charge in [-0.3, -0.25) is 4.79 Å². The molecule has 1 aromatic heterocycles. The van der Waals surface area contributed by atoms with Crippen molar-refractivity contribution in [3.63, 3.8) is 0 Å². The summed E-state index contributed by atoms with van der Waals surface area (Å²) in [6.07, 6.45) is 1.52. The van der Waals surface area contributed by atoms with E-state index in [0.717, 1.165) is 11.1 Å². The second-order valence-corrected chi connectivity index (χ2v) is 6.66. The monoisotopic (exact) mass is 375 g/mol. The minimum absolute atomic E-state index is 0.0323. The maximum atomic E-state index is 12.7. The van der Waals surface area contributed by atoms with Gasteiger partial charge in [0.1, 0.15) is 16.8 Å². The molecule has 0 radical (unpaired) electrons. The Labute approximate surface area is 163 Å². The molecule has 0 spiro atoms. The lowest BCUT2D eigenvalue weighted by Gasteiger charge is -2.03. The fraction of sp³-hybridized carbons (Fsp3) is 0.136. The van der Waals surface area contributed by atoms with E-state index in [1.165, 1.54) is 6.08 Å². The van der Waals surface area contributed by atoms with E-state index in [1.807, 2.05) is 56.3 Å². The van der Waals surface area contributed by atoms with Gasteiger partial charge in [0.25, 0.3) is 0 Å². The molecule has 0 aliphatic carbocycles. The summed E-state index contributed by atoms with van der Waals surface area (Å²) in [6, 6.07) is 19.0. The maximum absolute atomic E-state index is 12.7. The van der Waals surface area contributed by atoms with E-state index in [1.54, 1.807) is 22.9 Å². The molecule has 1 heterocycles. The molecule has 0 saturated heterocycles. The van der Waals surface area contributed by atoms with Crippen LogP contribution in [0, 0.1) is 25.2 Å². The lowest BCUT2D eigenvalue weighted by Crippen LogP contribution is -2.03. The Bertz CT molecular complexity index is 1060. The first-order chi connectivity index (χ1) is 13.0. The molecule has 2 aromatic carbocycles. The summed E-state index contributed by atoms with van der Waals surface area (Å²) in [6.45, 7) is 4.23. The van der Waals surface area contributed by atoms with E-state index >= 15 is 0 Å². The van der Waals surface area contributed by atoms with E-state index in [2.05, 4.69) is 5.10 Å². The number of carbonyl (C=O) groups is 1. The van der Waals surface area contributed by atoms with Gasteiger partial charge in [-0.15, -0.1) is 0 Å². The number of benzene rings is 2. The van der Waals surface area contributed by atoms with Crippen LogP contribution >= 0.6 is 11.6 Å². The fourth-order valence-corrected chi connectivity index (χ4v) is 3.12. The van der Waals surface area contributed by atoms with Crippen LogP contribution in [-0.4, -0.2) is 15.6 Å². The van der Waals surface area contributed by atoms with Gasteiger partial charge in [-0.25, -0.2) is 4.68 Å². The fourth-order valence-electron chi connectivity index (χ4n) is 2.83. The topological polar surface area (TPSA) is 58.7 Å². The van der Waals surface area contributed by atoms with Crippen molar-refractivity contribution in [1.82, 2.24) is 9.78 Å². The van der Waals surface area contributed by atoms with Gasteiger partial charge in [-0.2, -0.15) is 10.4 Å². The molecule has 3 aromatic rings. The Morgan fingerprint density at radius 2 is 1.93 bits per heavy atom. The lowest BCUT2D eigenvalue weighted by molar-refractivity contribution is 0.104. The van der Waals surface area contributed by atoms with E-state index < -0.39 is 0 Å². The van der Waals surface area contributed by atoms with E-state index in [4.69, 9.17) is 11.6 Å². The van der Waals surface area contributed by atoms with Crippen molar-refractivity contribution < 1.29 is 4.79 Å². The van der Waals surface area contributed by atoms with Gasteiger partial charge in [-0.05, 0) is 31.6 Å². The molecular formula is C22H18ClN3O. The van der Waals surface area contributed by atoms with Crippen molar-refractivity contribution in [3.8, 4) is 6.07 Å². The number of aryl methyl sites for hydroxylation is 2. The molecule has 134 valence electrons. The molecular weight excluding hydrogens is 358 g/mol. The summed E-state index contributed by atoms with van der Waals surface area (Å²) in [4.78, 5) is 12.7. The molecule has 3 rings (SSSR count). The van der Waals surface area contributed by atoms with Crippen molar-refractivity contribution in [3.05, 3.63) is 93.3 Å². The quantitative estimate of drug-likeness (QED) is 0.358. The molecule has 4 nitrogen and oxygen atoms in total. The first-order valence-electron chi connectivity index (χ1n) is 8.49. The molecule has 0 amide bonds. The van der Waals surface area contributed by atoms with Gasteiger partial charge in [0.15, 0.2) is 0 Å². The van der Waals surface area contributed by atoms with Crippen LogP contribution < -0.4 is 0 Å². The number of hydrogen-bond acceptors (Lipinski definition) is 3. The summed E-state index contributed by atoms with van der Waals surface area (Å²) >= 11 is 6.49. The van der Waals surface area contributed by atoms with Gasteiger partial charge in [0.05, 0.1) is 12.2 Å². The van der Waals surface area contributed by atoms with Crippen LogP contribution in [0.15, 0.2) is 60.2 Å². The number of ketones is 1. The zero-order valence-corrected chi connectivity index (χ0v) is 15.9. The zero-order chi connectivity index (χ0) is 19.4.